The summed E-state index contributed by atoms with van der Waals surface area (Å²) in [6, 6.07) is 8.28. The first-order chi connectivity index (χ1) is 12.7. The van der Waals surface area contributed by atoms with Crippen molar-refractivity contribution in [1.82, 2.24) is 4.90 Å². The van der Waals surface area contributed by atoms with Crippen molar-refractivity contribution in [2.45, 2.75) is 57.0 Å². The van der Waals surface area contributed by atoms with E-state index in [0.29, 0.717) is 0 Å². The van der Waals surface area contributed by atoms with Crippen molar-refractivity contribution in [2.24, 2.45) is 0 Å². The van der Waals surface area contributed by atoms with E-state index in [2.05, 4.69) is 0 Å². The molecule has 8 heteroatoms. The Morgan fingerprint density at radius 1 is 1.37 bits per heavy atom. The summed E-state index contributed by atoms with van der Waals surface area (Å²) >= 11 is 0. The maximum atomic E-state index is 12.8. The molecule has 2 aliphatic rings. The molecule has 3 rings (SSSR count). The summed E-state index contributed by atoms with van der Waals surface area (Å²) in [5, 5.41) is 21.4. The molecule has 8 nitrogen and oxygen atoms in total. The van der Waals surface area contributed by atoms with E-state index in [4.69, 9.17) is 14.2 Å². The number of hydrogen-bond donors (Lipinski definition) is 2. The number of ether oxygens (including phenoxy) is 3. The topological polar surface area (TPSA) is 106 Å². The minimum atomic E-state index is -2.32. The fourth-order valence-electron chi connectivity index (χ4n) is 3.64. The fraction of sp³-hybridized carbons (Fsp3) is 0.579. The van der Waals surface area contributed by atoms with Crippen LogP contribution in [0.15, 0.2) is 30.3 Å². The zero-order chi connectivity index (χ0) is 19.8. The number of carbonyl (C=O) groups is 2. The van der Waals surface area contributed by atoms with Crippen LogP contribution in [-0.4, -0.2) is 69.8 Å². The normalized spacial score (nSPS) is 30.7. The number of amides is 1. The molecule has 0 unspecified atom stereocenters. The van der Waals surface area contributed by atoms with Crippen molar-refractivity contribution in [1.29, 1.82) is 0 Å². The van der Waals surface area contributed by atoms with Gasteiger partial charge in [0.2, 0.25) is 5.60 Å². The van der Waals surface area contributed by atoms with E-state index < -0.39 is 41.5 Å². The Labute approximate surface area is 157 Å². The zero-order valence-electron chi connectivity index (χ0n) is 15.6. The molecule has 0 aromatic heterocycles. The molecule has 4 atom stereocenters. The van der Waals surface area contributed by atoms with Gasteiger partial charge in [-0.25, -0.2) is 4.79 Å². The zero-order valence-corrected chi connectivity index (χ0v) is 15.6. The lowest BCUT2D eigenvalue weighted by atomic mass is 9.74. The number of rotatable bonds is 6. The van der Waals surface area contributed by atoms with Crippen LogP contribution in [-0.2, 0) is 30.3 Å². The van der Waals surface area contributed by atoms with Crippen LogP contribution in [0.3, 0.4) is 0 Å². The number of carbonyl (C=O) groups excluding carboxylic acids is 2. The molecule has 148 valence electrons. The Balaban J connectivity index is 1.88. The number of aliphatic hydroxyl groups excluding tert-OH is 1. The van der Waals surface area contributed by atoms with Gasteiger partial charge in [0.25, 0.3) is 5.91 Å². The summed E-state index contributed by atoms with van der Waals surface area (Å²) in [7, 11) is 0. The monoisotopic (exact) mass is 379 g/mol. The third kappa shape index (κ3) is 3.45. The maximum absolute atomic E-state index is 12.8. The summed E-state index contributed by atoms with van der Waals surface area (Å²) < 4.78 is 16.2. The summed E-state index contributed by atoms with van der Waals surface area (Å²) in [4.78, 5) is 26.2. The molecule has 2 heterocycles. The average molecular weight is 379 g/mol. The average Bonchev–Trinajstić information content (AvgIpc) is 2.99. The maximum Gasteiger partial charge on any atom is 0.338 e. The molecule has 2 saturated heterocycles. The minimum Gasteiger partial charge on any atom is -0.464 e. The van der Waals surface area contributed by atoms with Crippen LogP contribution in [0, 0.1) is 0 Å². The van der Waals surface area contributed by atoms with Crippen molar-refractivity contribution in [3.63, 3.8) is 0 Å². The molecular weight excluding hydrogens is 354 g/mol. The molecule has 2 fully saturated rings. The summed E-state index contributed by atoms with van der Waals surface area (Å²) in [5.74, 6) is -2.68. The molecule has 1 amide bonds. The predicted molar refractivity (Wildman–Crippen MR) is 93.3 cm³/mol. The van der Waals surface area contributed by atoms with E-state index in [-0.39, 0.29) is 19.8 Å². The lowest BCUT2D eigenvalue weighted by Gasteiger charge is -2.55. The lowest BCUT2D eigenvalue weighted by Crippen LogP contribution is -2.82. The molecule has 0 aliphatic carbocycles. The standard InChI is InChI=1S/C19H25NO7/c1-4-25-16(22)15(21)19(24)14(13-11-26-18(2,3)27-13)20(17(19)23)10-12-8-6-5-7-9-12/h5-9,13-15,21,24H,4,10-11H2,1-3H3/t13-,14+,15+,19+/m1/s1. The highest BCUT2D eigenvalue weighted by molar-refractivity contribution is 5.98. The lowest BCUT2D eigenvalue weighted by molar-refractivity contribution is -0.240. The van der Waals surface area contributed by atoms with Crippen LogP contribution in [0.25, 0.3) is 0 Å². The second-order valence-corrected chi connectivity index (χ2v) is 7.21. The van der Waals surface area contributed by atoms with Gasteiger partial charge in [0.05, 0.1) is 13.2 Å². The third-order valence-corrected chi connectivity index (χ3v) is 4.90. The van der Waals surface area contributed by atoms with Gasteiger partial charge in [-0.05, 0) is 26.3 Å². The first kappa shape index (κ1) is 19.8. The number of aliphatic hydroxyl groups is 2. The number of β-lactam (4-membered cyclic amide) rings is 1. The largest absolute Gasteiger partial charge is 0.464 e. The Hall–Kier alpha value is -2.00. The molecule has 1 aromatic carbocycles. The smallest absolute Gasteiger partial charge is 0.338 e. The van der Waals surface area contributed by atoms with E-state index in [9.17, 15) is 19.8 Å². The highest BCUT2D eigenvalue weighted by atomic mass is 16.7. The number of esters is 1. The van der Waals surface area contributed by atoms with Crippen LogP contribution >= 0.6 is 0 Å². The van der Waals surface area contributed by atoms with Crippen LogP contribution in [0.1, 0.15) is 26.3 Å². The molecular formula is C19H25NO7. The van der Waals surface area contributed by atoms with Gasteiger partial charge < -0.3 is 29.3 Å². The van der Waals surface area contributed by atoms with Crippen LogP contribution < -0.4 is 0 Å². The SMILES string of the molecule is CCOC(=O)[C@H](O)[C@]1(O)C(=O)N(Cc2ccccc2)[C@H]1[C@H]1COC(C)(C)O1. The van der Waals surface area contributed by atoms with Gasteiger partial charge in [-0.1, -0.05) is 30.3 Å². The summed E-state index contributed by atoms with van der Waals surface area (Å²) in [6.45, 7) is 5.36. The summed E-state index contributed by atoms with van der Waals surface area (Å²) in [5.41, 5.74) is -1.48. The van der Waals surface area contributed by atoms with Crippen LogP contribution in [0.5, 0.6) is 0 Å². The van der Waals surface area contributed by atoms with Crippen LogP contribution in [0.4, 0.5) is 0 Å². The van der Waals surface area contributed by atoms with Gasteiger partial charge in [0.15, 0.2) is 11.9 Å². The first-order valence-electron chi connectivity index (χ1n) is 8.94. The fourth-order valence-corrected chi connectivity index (χ4v) is 3.64. The summed E-state index contributed by atoms with van der Waals surface area (Å²) in [6.07, 6.45) is -2.70. The number of hydrogen-bond acceptors (Lipinski definition) is 7. The van der Waals surface area contributed by atoms with E-state index >= 15 is 0 Å². The Bertz CT molecular complexity index is 707. The molecule has 2 aliphatic heterocycles. The van der Waals surface area contributed by atoms with Crippen molar-refractivity contribution < 1.29 is 34.0 Å². The van der Waals surface area contributed by atoms with Gasteiger partial charge in [0, 0.05) is 6.54 Å². The molecule has 0 saturated carbocycles. The van der Waals surface area contributed by atoms with Gasteiger partial charge in [-0.2, -0.15) is 0 Å². The number of likely N-dealkylation sites (tertiary alicyclic amines) is 1. The Morgan fingerprint density at radius 2 is 2.04 bits per heavy atom. The number of nitrogens with zero attached hydrogens (tertiary/aromatic N) is 1. The van der Waals surface area contributed by atoms with E-state index in [1.807, 2.05) is 30.3 Å². The molecule has 27 heavy (non-hydrogen) atoms. The Morgan fingerprint density at radius 3 is 2.59 bits per heavy atom. The third-order valence-electron chi connectivity index (χ3n) is 4.90. The highest BCUT2D eigenvalue weighted by Gasteiger charge is 2.69. The van der Waals surface area contributed by atoms with Gasteiger partial charge in [-0.15, -0.1) is 0 Å². The molecule has 0 spiro atoms. The molecule has 2 N–H and O–H groups in total. The predicted octanol–water partition coefficient (Wildman–Crippen LogP) is 0.204. The number of benzene rings is 1. The quantitative estimate of drug-likeness (QED) is 0.537. The molecule has 0 bridgehead atoms. The van der Waals surface area contributed by atoms with E-state index in [0.717, 1.165) is 5.56 Å². The highest BCUT2D eigenvalue weighted by Crippen LogP contribution is 2.42. The van der Waals surface area contributed by atoms with E-state index in [1.165, 1.54) is 4.90 Å². The molecule has 0 radical (unpaired) electrons. The van der Waals surface area contributed by atoms with E-state index in [1.54, 1.807) is 20.8 Å². The Kier molecular flexibility index (Phi) is 5.27. The van der Waals surface area contributed by atoms with Crippen molar-refractivity contribution >= 4 is 11.9 Å². The van der Waals surface area contributed by atoms with Crippen LogP contribution in [0.2, 0.25) is 0 Å². The van der Waals surface area contributed by atoms with Crippen molar-refractivity contribution in [2.75, 3.05) is 13.2 Å². The van der Waals surface area contributed by atoms with Gasteiger partial charge in [0.1, 0.15) is 12.1 Å². The first-order valence-corrected chi connectivity index (χ1v) is 8.94. The molecule has 1 aromatic rings. The van der Waals surface area contributed by atoms with Crippen molar-refractivity contribution in [3.05, 3.63) is 35.9 Å². The van der Waals surface area contributed by atoms with Crippen molar-refractivity contribution in [3.8, 4) is 0 Å². The second kappa shape index (κ2) is 7.20. The minimum absolute atomic E-state index is 0.0225. The second-order valence-electron chi connectivity index (χ2n) is 7.21. The van der Waals surface area contributed by atoms with Gasteiger partial charge >= 0.3 is 5.97 Å². The van der Waals surface area contributed by atoms with Gasteiger partial charge in [-0.3, -0.25) is 4.79 Å².